The van der Waals surface area contributed by atoms with Gasteiger partial charge in [0, 0.05) is 25.1 Å². The molecule has 2 aromatic rings. The molecule has 0 saturated heterocycles. The number of methoxy groups -OCH3 is 1. The van der Waals surface area contributed by atoms with Crippen LogP contribution in [0, 0.1) is 12.7 Å². The van der Waals surface area contributed by atoms with Gasteiger partial charge in [-0.3, -0.25) is 4.68 Å². The van der Waals surface area contributed by atoms with Crippen molar-refractivity contribution in [3.05, 3.63) is 46.0 Å². The van der Waals surface area contributed by atoms with E-state index in [1.807, 2.05) is 6.92 Å². The maximum atomic E-state index is 14.0. The topological polar surface area (TPSA) is 53.1 Å². The van der Waals surface area contributed by atoms with Crippen LogP contribution >= 0.6 is 11.6 Å². The van der Waals surface area contributed by atoms with Crippen molar-refractivity contribution in [1.82, 2.24) is 9.78 Å². The lowest BCUT2D eigenvalue weighted by molar-refractivity contribution is 0.398. The Labute approximate surface area is 122 Å². The molecule has 4 nitrogen and oxygen atoms in total. The van der Waals surface area contributed by atoms with Gasteiger partial charge in [-0.15, -0.1) is 0 Å². The summed E-state index contributed by atoms with van der Waals surface area (Å²) >= 11 is 6.20. The van der Waals surface area contributed by atoms with Crippen molar-refractivity contribution >= 4 is 11.6 Å². The summed E-state index contributed by atoms with van der Waals surface area (Å²) in [6, 6.07) is 4.09. The first-order chi connectivity index (χ1) is 9.45. The Balaban J connectivity index is 2.35. The quantitative estimate of drug-likeness (QED) is 0.944. The first-order valence-electron chi connectivity index (χ1n) is 6.21. The van der Waals surface area contributed by atoms with E-state index < -0.39 is 6.04 Å². The third-order valence-electron chi connectivity index (χ3n) is 3.28. The Morgan fingerprint density at radius 2 is 2.20 bits per heavy atom. The highest BCUT2D eigenvalue weighted by Crippen LogP contribution is 2.30. The van der Waals surface area contributed by atoms with Gasteiger partial charge in [-0.2, -0.15) is 5.10 Å². The van der Waals surface area contributed by atoms with Crippen molar-refractivity contribution < 1.29 is 9.13 Å². The highest BCUT2D eigenvalue weighted by molar-refractivity contribution is 6.31. The number of benzene rings is 1. The van der Waals surface area contributed by atoms with Crippen LogP contribution in [0.4, 0.5) is 4.39 Å². The Hall–Kier alpha value is -1.59. The second kappa shape index (κ2) is 5.81. The molecule has 6 heteroatoms. The number of halogens is 2. The van der Waals surface area contributed by atoms with Gasteiger partial charge >= 0.3 is 0 Å². The molecule has 2 N–H and O–H groups in total. The fraction of sp³-hybridized carbons (Fsp3) is 0.357. The molecule has 0 spiro atoms. The summed E-state index contributed by atoms with van der Waals surface area (Å²) in [6.45, 7) is 1.82. The van der Waals surface area contributed by atoms with E-state index >= 15 is 0 Å². The first-order valence-corrected chi connectivity index (χ1v) is 6.59. The molecule has 0 radical (unpaired) electrons. The molecule has 0 aliphatic carbocycles. The fourth-order valence-electron chi connectivity index (χ4n) is 2.27. The van der Waals surface area contributed by atoms with Crippen LogP contribution in [0.1, 0.15) is 23.0 Å². The molecule has 0 fully saturated rings. The van der Waals surface area contributed by atoms with E-state index in [4.69, 9.17) is 22.1 Å². The van der Waals surface area contributed by atoms with Gasteiger partial charge in [0.25, 0.3) is 0 Å². The summed E-state index contributed by atoms with van der Waals surface area (Å²) < 4.78 is 20.8. The summed E-state index contributed by atoms with van der Waals surface area (Å²) in [4.78, 5) is 0. The molecule has 0 amide bonds. The number of nitrogens with zero attached hydrogens (tertiary/aromatic N) is 2. The van der Waals surface area contributed by atoms with Crippen molar-refractivity contribution in [2.45, 2.75) is 19.4 Å². The third kappa shape index (κ3) is 2.64. The zero-order chi connectivity index (χ0) is 14.9. The molecule has 0 saturated carbocycles. The van der Waals surface area contributed by atoms with Gasteiger partial charge in [-0.05, 0) is 19.1 Å². The van der Waals surface area contributed by atoms with E-state index in [1.165, 1.54) is 13.2 Å². The Bertz CT molecular complexity index is 627. The Kier molecular flexibility index (Phi) is 4.30. The van der Waals surface area contributed by atoms with E-state index in [0.29, 0.717) is 22.8 Å². The lowest BCUT2D eigenvalue weighted by Crippen LogP contribution is -2.18. The molecule has 0 bridgehead atoms. The minimum absolute atomic E-state index is 0.352. The molecule has 1 unspecified atom stereocenters. The molecule has 1 aromatic carbocycles. The monoisotopic (exact) mass is 297 g/mol. The van der Waals surface area contributed by atoms with E-state index in [2.05, 4.69) is 5.10 Å². The Morgan fingerprint density at radius 3 is 2.75 bits per heavy atom. The Morgan fingerprint density at radius 1 is 1.50 bits per heavy atom. The van der Waals surface area contributed by atoms with Gasteiger partial charge in [0.1, 0.15) is 11.6 Å². The molecular weight excluding hydrogens is 281 g/mol. The van der Waals surface area contributed by atoms with Crippen LogP contribution in [0.3, 0.4) is 0 Å². The van der Waals surface area contributed by atoms with Crippen LogP contribution in [-0.4, -0.2) is 16.9 Å². The van der Waals surface area contributed by atoms with Gasteiger partial charge in [0.2, 0.25) is 0 Å². The number of nitrogens with two attached hydrogens (primary N) is 1. The number of aryl methyl sites for hydroxylation is 2. The lowest BCUT2D eigenvalue weighted by Gasteiger charge is -2.16. The highest BCUT2D eigenvalue weighted by Gasteiger charge is 2.21. The second-order valence-electron chi connectivity index (χ2n) is 4.64. The van der Waals surface area contributed by atoms with Crippen molar-refractivity contribution in [1.29, 1.82) is 0 Å². The van der Waals surface area contributed by atoms with Gasteiger partial charge in [0.05, 0.1) is 23.5 Å². The fourth-order valence-corrected chi connectivity index (χ4v) is 2.50. The summed E-state index contributed by atoms with van der Waals surface area (Å²) in [5, 5.41) is 4.79. The van der Waals surface area contributed by atoms with Crippen LogP contribution in [-0.2, 0) is 13.5 Å². The van der Waals surface area contributed by atoms with Crippen molar-refractivity contribution in [2.75, 3.05) is 7.11 Å². The molecule has 0 aliphatic heterocycles. The smallest absolute Gasteiger partial charge is 0.131 e. The predicted octanol–water partition coefficient (Wildman–Crippen LogP) is 2.77. The van der Waals surface area contributed by atoms with Crippen LogP contribution in [0.2, 0.25) is 5.02 Å². The number of aromatic nitrogens is 2. The highest BCUT2D eigenvalue weighted by atomic mass is 35.5. The number of rotatable bonds is 4. The zero-order valence-corrected chi connectivity index (χ0v) is 12.4. The average Bonchev–Trinajstić information content (AvgIpc) is 2.64. The standard InChI is InChI=1S/C14H17ClFN3O/c1-8-14(15)11(19(2)18-8)7-10(17)13-9(16)5-4-6-12(13)20-3/h4-6,10H,7,17H2,1-3H3. The summed E-state index contributed by atoms with van der Waals surface area (Å²) in [6.07, 6.45) is 0.382. The molecule has 2 rings (SSSR count). The van der Waals surface area contributed by atoms with E-state index in [9.17, 15) is 4.39 Å². The predicted molar refractivity (Wildman–Crippen MR) is 76.5 cm³/mol. The van der Waals surface area contributed by atoms with Crippen molar-refractivity contribution in [3.8, 4) is 5.75 Å². The van der Waals surface area contributed by atoms with Gasteiger partial charge in [-0.25, -0.2) is 4.39 Å². The maximum Gasteiger partial charge on any atom is 0.131 e. The molecule has 108 valence electrons. The largest absolute Gasteiger partial charge is 0.496 e. The molecular formula is C14H17ClFN3O. The van der Waals surface area contributed by atoms with Gasteiger partial charge in [-0.1, -0.05) is 17.7 Å². The van der Waals surface area contributed by atoms with Crippen LogP contribution in [0.5, 0.6) is 5.75 Å². The van der Waals surface area contributed by atoms with E-state index in [1.54, 1.807) is 23.9 Å². The average molecular weight is 298 g/mol. The molecule has 20 heavy (non-hydrogen) atoms. The minimum atomic E-state index is -0.557. The molecule has 1 atom stereocenters. The number of hydrogen-bond donors (Lipinski definition) is 1. The lowest BCUT2D eigenvalue weighted by atomic mass is 10.0. The number of hydrogen-bond acceptors (Lipinski definition) is 3. The number of ether oxygens (including phenoxy) is 1. The molecule has 1 aromatic heterocycles. The van der Waals surface area contributed by atoms with Crippen LogP contribution < -0.4 is 10.5 Å². The normalized spacial score (nSPS) is 12.5. The van der Waals surface area contributed by atoms with Crippen molar-refractivity contribution in [3.63, 3.8) is 0 Å². The molecule has 1 heterocycles. The summed E-state index contributed by atoms with van der Waals surface area (Å²) in [5.74, 6) is 0.0550. The van der Waals surface area contributed by atoms with Crippen LogP contribution in [0.25, 0.3) is 0 Å². The third-order valence-corrected chi connectivity index (χ3v) is 3.77. The van der Waals surface area contributed by atoms with Gasteiger partial charge < -0.3 is 10.5 Å². The van der Waals surface area contributed by atoms with Crippen LogP contribution in [0.15, 0.2) is 18.2 Å². The molecule has 0 aliphatic rings. The van der Waals surface area contributed by atoms with Gasteiger partial charge in [0.15, 0.2) is 0 Å². The summed E-state index contributed by atoms with van der Waals surface area (Å²) in [7, 11) is 3.28. The zero-order valence-electron chi connectivity index (χ0n) is 11.7. The SMILES string of the molecule is COc1cccc(F)c1C(N)Cc1c(Cl)c(C)nn1C. The summed E-state index contributed by atoms with van der Waals surface area (Å²) in [5.41, 5.74) is 8.00. The second-order valence-corrected chi connectivity index (χ2v) is 5.01. The minimum Gasteiger partial charge on any atom is -0.496 e. The first kappa shape index (κ1) is 14.8. The van der Waals surface area contributed by atoms with E-state index in [0.717, 1.165) is 11.4 Å². The maximum absolute atomic E-state index is 14.0. The van der Waals surface area contributed by atoms with E-state index in [-0.39, 0.29) is 5.82 Å². The van der Waals surface area contributed by atoms with Crippen molar-refractivity contribution in [2.24, 2.45) is 12.8 Å².